The number of aryl methyl sites for hydroxylation is 1. The second kappa shape index (κ2) is 3.72. The number of rotatable bonds is 1. The zero-order valence-electron chi connectivity index (χ0n) is 8.58. The minimum Gasteiger partial charge on any atom is -0.340 e. The third kappa shape index (κ3) is 2.40. The van der Waals surface area contributed by atoms with E-state index in [1.165, 1.54) is 0 Å². The van der Waals surface area contributed by atoms with Crippen LogP contribution in [0, 0.1) is 6.92 Å². The van der Waals surface area contributed by atoms with E-state index in [1.54, 1.807) is 12.3 Å². The van der Waals surface area contributed by atoms with Crippen LogP contribution in [0.25, 0.3) is 0 Å². The van der Waals surface area contributed by atoms with Gasteiger partial charge in [-0.05, 0) is 13.0 Å². The highest BCUT2D eigenvalue weighted by Gasteiger charge is 2.34. The average molecular weight is 213 g/mol. The summed E-state index contributed by atoms with van der Waals surface area (Å²) in [7, 11) is 0. The van der Waals surface area contributed by atoms with E-state index in [0.29, 0.717) is 19.0 Å². The molecule has 0 bridgehead atoms. The lowest BCUT2D eigenvalue weighted by Crippen LogP contribution is -2.40. The van der Waals surface area contributed by atoms with Gasteiger partial charge >= 0.3 is 0 Å². The highest BCUT2D eigenvalue weighted by Crippen LogP contribution is 2.28. The Morgan fingerprint density at radius 1 is 1.33 bits per heavy atom. The lowest BCUT2D eigenvalue weighted by molar-refractivity contribution is -0.0222. The van der Waals surface area contributed by atoms with Crippen LogP contribution in [0.5, 0.6) is 0 Å². The SMILES string of the molecule is Cc1ccnc(N2CCC(F)(F)CC2)n1. The Labute approximate surface area is 87.1 Å². The van der Waals surface area contributed by atoms with Crippen LogP contribution in [0.3, 0.4) is 0 Å². The van der Waals surface area contributed by atoms with Crippen molar-refractivity contribution in [3.8, 4) is 0 Å². The van der Waals surface area contributed by atoms with Crippen LogP contribution in [-0.4, -0.2) is 29.0 Å². The second-order valence-corrected chi connectivity index (χ2v) is 3.84. The van der Waals surface area contributed by atoms with Gasteiger partial charge in [-0.15, -0.1) is 0 Å². The number of halogens is 2. The molecule has 1 aromatic heterocycles. The minimum absolute atomic E-state index is 0.107. The smallest absolute Gasteiger partial charge is 0.251 e. The molecule has 0 spiro atoms. The first-order chi connectivity index (χ1) is 7.07. The molecule has 2 heterocycles. The van der Waals surface area contributed by atoms with Gasteiger partial charge in [-0.2, -0.15) is 0 Å². The Kier molecular flexibility index (Phi) is 2.54. The summed E-state index contributed by atoms with van der Waals surface area (Å²) in [4.78, 5) is 10.1. The van der Waals surface area contributed by atoms with Crippen LogP contribution in [0.15, 0.2) is 12.3 Å². The summed E-state index contributed by atoms with van der Waals surface area (Å²) in [5.41, 5.74) is 0.859. The normalized spacial score (nSPS) is 20.3. The van der Waals surface area contributed by atoms with Crippen molar-refractivity contribution in [2.75, 3.05) is 18.0 Å². The predicted molar refractivity (Wildman–Crippen MR) is 53.2 cm³/mol. The molecule has 2 rings (SSSR count). The van der Waals surface area contributed by atoms with Gasteiger partial charge < -0.3 is 4.90 Å². The number of anilines is 1. The van der Waals surface area contributed by atoms with E-state index in [0.717, 1.165) is 5.69 Å². The van der Waals surface area contributed by atoms with Crippen LogP contribution in [0.2, 0.25) is 0 Å². The molecular formula is C10H13F2N3. The van der Waals surface area contributed by atoms with Crippen molar-refractivity contribution in [1.29, 1.82) is 0 Å². The molecule has 1 saturated heterocycles. The van der Waals surface area contributed by atoms with Crippen LogP contribution < -0.4 is 4.90 Å². The van der Waals surface area contributed by atoms with Gasteiger partial charge in [0.05, 0.1) is 0 Å². The van der Waals surface area contributed by atoms with Gasteiger partial charge in [-0.25, -0.2) is 18.7 Å². The van der Waals surface area contributed by atoms with Gasteiger partial charge in [0.2, 0.25) is 5.95 Å². The first kappa shape index (κ1) is 10.3. The monoisotopic (exact) mass is 213 g/mol. The molecule has 1 fully saturated rings. The molecule has 5 heteroatoms. The fourth-order valence-corrected chi connectivity index (χ4v) is 1.62. The first-order valence-corrected chi connectivity index (χ1v) is 4.99. The third-order valence-electron chi connectivity index (χ3n) is 2.56. The van der Waals surface area contributed by atoms with Crippen molar-refractivity contribution in [2.45, 2.75) is 25.7 Å². The largest absolute Gasteiger partial charge is 0.340 e. The summed E-state index contributed by atoms with van der Waals surface area (Å²) in [5, 5.41) is 0. The molecule has 15 heavy (non-hydrogen) atoms. The third-order valence-corrected chi connectivity index (χ3v) is 2.56. The predicted octanol–water partition coefficient (Wildman–Crippen LogP) is 2.02. The van der Waals surface area contributed by atoms with E-state index in [2.05, 4.69) is 9.97 Å². The number of aromatic nitrogens is 2. The minimum atomic E-state index is -2.51. The Hall–Kier alpha value is -1.26. The quantitative estimate of drug-likeness (QED) is 0.714. The first-order valence-electron chi connectivity index (χ1n) is 4.99. The molecule has 0 unspecified atom stereocenters. The molecule has 1 aliphatic heterocycles. The molecular weight excluding hydrogens is 200 g/mol. The molecule has 0 atom stereocenters. The Morgan fingerprint density at radius 2 is 2.00 bits per heavy atom. The van der Waals surface area contributed by atoms with E-state index < -0.39 is 5.92 Å². The number of nitrogens with zero attached hydrogens (tertiary/aromatic N) is 3. The Morgan fingerprint density at radius 3 is 2.60 bits per heavy atom. The Balaban J connectivity index is 2.08. The van der Waals surface area contributed by atoms with E-state index in [9.17, 15) is 8.78 Å². The molecule has 0 aromatic carbocycles. The molecule has 0 radical (unpaired) electrons. The van der Waals surface area contributed by atoms with Gasteiger partial charge in [0, 0.05) is 37.8 Å². The van der Waals surface area contributed by atoms with Crippen LogP contribution in [0.4, 0.5) is 14.7 Å². The van der Waals surface area contributed by atoms with Gasteiger partial charge in [-0.1, -0.05) is 0 Å². The highest BCUT2D eigenvalue weighted by molar-refractivity contribution is 5.30. The standard InChI is InChI=1S/C10H13F2N3/c1-8-2-5-13-9(14-8)15-6-3-10(11,12)4-7-15/h2,5H,3-4,6-7H2,1H3. The molecule has 0 saturated carbocycles. The number of alkyl halides is 2. The molecule has 0 aliphatic carbocycles. The van der Waals surface area contributed by atoms with E-state index in [1.807, 2.05) is 11.8 Å². The molecule has 3 nitrogen and oxygen atoms in total. The van der Waals surface area contributed by atoms with Crippen molar-refractivity contribution in [3.63, 3.8) is 0 Å². The van der Waals surface area contributed by atoms with E-state index in [-0.39, 0.29) is 12.8 Å². The van der Waals surface area contributed by atoms with Gasteiger partial charge in [0.25, 0.3) is 5.92 Å². The molecule has 1 aromatic rings. The summed E-state index contributed by atoms with van der Waals surface area (Å²) in [6, 6.07) is 1.79. The van der Waals surface area contributed by atoms with E-state index >= 15 is 0 Å². The van der Waals surface area contributed by atoms with Crippen LogP contribution in [-0.2, 0) is 0 Å². The summed E-state index contributed by atoms with van der Waals surface area (Å²) < 4.78 is 25.8. The number of piperidine rings is 1. The molecule has 1 aliphatic rings. The molecule has 0 N–H and O–H groups in total. The second-order valence-electron chi connectivity index (χ2n) is 3.84. The van der Waals surface area contributed by atoms with Gasteiger partial charge in [0.15, 0.2) is 0 Å². The zero-order chi connectivity index (χ0) is 10.9. The van der Waals surface area contributed by atoms with Gasteiger partial charge in [-0.3, -0.25) is 0 Å². The van der Waals surface area contributed by atoms with Crippen molar-refractivity contribution in [3.05, 3.63) is 18.0 Å². The van der Waals surface area contributed by atoms with Crippen LogP contribution >= 0.6 is 0 Å². The van der Waals surface area contributed by atoms with Gasteiger partial charge in [0.1, 0.15) is 0 Å². The fraction of sp³-hybridized carbons (Fsp3) is 0.600. The van der Waals surface area contributed by atoms with Crippen molar-refractivity contribution in [2.24, 2.45) is 0 Å². The van der Waals surface area contributed by atoms with E-state index in [4.69, 9.17) is 0 Å². The maximum atomic E-state index is 12.9. The average Bonchev–Trinajstić information content (AvgIpc) is 2.17. The lowest BCUT2D eigenvalue weighted by Gasteiger charge is -2.31. The number of hydrogen-bond acceptors (Lipinski definition) is 3. The van der Waals surface area contributed by atoms with Crippen molar-refractivity contribution < 1.29 is 8.78 Å². The van der Waals surface area contributed by atoms with Crippen molar-refractivity contribution in [1.82, 2.24) is 9.97 Å². The molecule has 82 valence electrons. The maximum absolute atomic E-state index is 12.9. The summed E-state index contributed by atoms with van der Waals surface area (Å²) >= 11 is 0. The fourth-order valence-electron chi connectivity index (χ4n) is 1.62. The van der Waals surface area contributed by atoms with Crippen LogP contribution in [0.1, 0.15) is 18.5 Å². The maximum Gasteiger partial charge on any atom is 0.251 e. The number of hydrogen-bond donors (Lipinski definition) is 0. The lowest BCUT2D eigenvalue weighted by atomic mass is 10.1. The summed E-state index contributed by atoms with van der Waals surface area (Å²) in [5.74, 6) is -1.95. The highest BCUT2D eigenvalue weighted by atomic mass is 19.3. The van der Waals surface area contributed by atoms with Crippen molar-refractivity contribution >= 4 is 5.95 Å². The zero-order valence-corrected chi connectivity index (χ0v) is 8.58. The topological polar surface area (TPSA) is 29.0 Å². The Bertz CT molecular complexity index is 344. The molecule has 0 amide bonds. The summed E-state index contributed by atoms with van der Waals surface area (Å²) in [6.45, 7) is 2.52. The summed E-state index contributed by atoms with van der Waals surface area (Å²) in [6.07, 6.45) is 1.44.